The van der Waals surface area contributed by atoms with Gasteiger partial charge in [0.1, 0.15) is 17.4 Å². The van der Waals surface area contributed by atoms with Gasteiger partial charge in [-0.2, -0.15) is 0 Å². The van der Waals surface area contributed by atoms with Gasteiger partial charge in [-0.15, -0.1) is 11.3 Å². The van der Waals surface area contributed by atoms with Crippen molar-refractivity contribution in [1.29, 1.82) is 0 Å². The number of unbranched alkanes of at least 4 members (excludes halogenated alkanes) is 3. The van der Waals surface area contributed by atoms with Crippen LogP contribution in [-0.4, -0.2) is 11.6 Å². The van der Waals surface area contributed by atoms with E-state index in [-0.39, 0.29) is 0 Å². The molecule has 3 aromatic rings. The SMILES string of the molecule is CCCCCC=CCOc1ccc(-c2ccc(-c3ncc(CCC)s3)cc2)cc1. The minimum Gasteiger partial charge on any atom is -0.490 e. The van der Waals surface area contributed by atoms with E-state index in [0.29, 0.717) is 6.61 Å². The lowest BCUT2D eigenvalue weighted by Crippen LogP contribution is -1.93. The molecule has 152 valence electrons. The van der Waals surface area contributed by atoms with E-state index in [2.05, 4.69) is 67.4 Å². The van der Waals surface area contributed by atoms with Gasteiger partial charge in [-0.1, -0.05) is 81.7 Å². The van der Waals surface area contributed by atoms with Crippen molar-refractivity contribution in [1.82, 2.24) is 4.98 Å². The van der Waals surface area contributed by atoms with E-state index < -0.39 is 0 Å². The van der Waals surface area contributed by atoms with Crippen LogP contribution < -0.4 is 4.74 Å². The first-order valence-electron chi connectivity index (χ1n) is 10.7. The molecule has 0 unspecified atom stereocenters. The number of ether oxygens (including phenoxy) is 1. The second kappa shape index (κ2) is 11.6. The average Bonchev–Trinajstić information content (AvgIpc) is 3.23. The Morgan fingerprint density at radius 2 is 1.52 bits per heavy atom. The fourth-order valence-electron chi connectivity index (χ4n) is 3.19. The molecule has 2 aromatic carbocycles. The van der Waals surface area contributed by atoms with Crippen molar-refractivity contribution in [3.8, 4) is 27.4 Å². The van der Waals surface area contributed by atoms with E-state index >= 15 is 0 Å². The molecule has 3 heteroatoms. The lowest BCUT2D eigenvalue weighted by molar-refractivity contribution is 0.362. The summed E-state index contributed by atoms with van der Waals surface area (Å²) in [5.41, 5.74) is 3.60. The summed E-state index contributed by atoms with van der Waals surface area (Å²) in [5.74, 6) is 0.912. The van der Waals surface area contributed by atoms with Gasteiger partial charge in [0.05, 0.1) is 0 Å². The third kappa shape index (κ3) is 6.57. The fourth-order valence-corrected chi connectivity index (χ4v) is 4.21. The summed E-state index contributed by atoms with van der Waals surface area (Å²) in [7, 11) is 0. The Bertz CT molecular complexity index is 878. The molecule has 0 aliphatic heterocycles. The van der Waals surface area contributed by atoms with Crippen LogP contribution in [0.1, 0.15) is 50.8 Å². The summed E-state index contributed by atoms with van der Waals surface area (Å²) in [4.78, 5) is 5.93. The molecule has 0 bridgehead atoms. The van der Waals surface area contributed by atoms with Crippen molar-refractivity contribution < 1.29 is 4.74 Å². The van der Waals surface area contributed by atoms with Gasteiger partial charge in [0.15, 0.2) is 0 Å². The highest BCUT2D eigenvalue weighted by atomic mass is 32.1. The Kier molecular flexibility index (Phi) is 8.51. The van der Waals surface area contributed by atoms with Crippen LogP contribution in [0, 0.1) is 0 Å². The summed E-state index contributed by atoms with van der Waals surface area (Å²) in [6, 6.07) is 17.0. The van der Waals surface area contributed by atoms with Crippen LogP contribution in [-0.2, 0) is 6.42 Å². The molecule has 1 aromatic heterocycles. The second-order valence-corrected chi connectivity index (χ2v) is 8.38. The molecule has 0 saturated heterocycles. The minimum absolute atomic E-state index is 0.633. The molecule has 0 fully saturated rings. The first-order valence-corrected chi connectivity index (χ1v) is 11.5. The number of rotatable bonds is 11. The van der Waals surface area contributed by atoms with Gasteiger partial charge in [0.25, 0.3) is 0 Å². The predicted molar refractivity (Wildman–Crippen MR) is 126 cm³/mol. The highest BCUT2D eigenvalue weighted by Crippen LogP contribution is 2.29. The molecule has 1 heterocycles. The smallest absolute Gasteiger partial charge is 0.123 e. The molecule has 2 nitrogen and oxygen atoms in total. The van der Waals surface area contributed by atoms with Crippen molar-refractivity contribution in [2.75, 3.05) is 6.61 Å². The Labute approximate surface area is 179 Å². The Hall–Kier alpha value is -2.39. The number of aryl methyl sites for hydroxylation is 1. The lowest BCUT2D eigenvalue weighted by Gasteiger charge is -2.06. The molecule has 0 radical (unpaired) electrons. The normalized spacial score (nSPS) is 11.2. The summed E-state index contributed by atoms with van der Waals surface area (Å²) in [5, 5.41) is 1.10. The van der Waals surface area contributed by atoms with E-state index in [4.69, 9.17) is 4.74 Å². The van der Waals surface area contributed by atoms with E-state index in [1.54, 1.807) is 11.3 Å². The summed E-state index contributed by atoms with van der Waals surface area (Å²) >= 11 is 1.80. The highest BCUT2D eigenvalue weighted by Gasteiger charge is 2.05. The topological polar surface area (TPSA) is 22.1 Å². The highest BCUT2D eigenvalue weighted by molar-refractivity contribution is 7.15. The number of nitrogens with zero attached hydrogens (tertiary/aromatic N) is 1. The maximum atomic E-state index is 5.81. The molecule has 0 atom stereocenters. The number of aromatic nitrogens is 1. The van der Waals surface area contributed by atoms with Crippen molar-refractivity contribution in [3.63, 3.8) is 0 Å². The molecular weight excluding hydrogens is 374 g/mol. The van der Waals surface area contributed by atoms with Crippen LogP contribution in [0.25, 0.3) is 21.7 Å². The largest absolute Gasteiger partial charge is 0.490 e. The van der Waals surface area contributed by atoms with Gasteiger partial charge in [-0.25, -0.2) is 4.98 Å². The van der Waals surface area contributed by atoms with Gasteiger partial charge in [-0.3, -0.25) is 0 Å². The van der Waals surface area contributed by atoms with Crippen molar-refractivity contribution in [2.24, 2.45) is 0 Å². The van der Waals surface area contributed by atoms with Gasteiger partial charge in [0, 0.05) is 16.6 Å². The van der Waals surface area contributed by atoms with E-state index in [9.17, 15) is 0 Å². The zero-order valence-corrected chi connectivity index (χ0v) is 18.4. The molecule has 0 spiro atoms. The molecule has 0 aliphatic rings. The van der Waals surface area contributed by atoms with Crippen LogP contribution in [0.3, 0.4) is 0 Å². The monoisotopic (exact) mass is 405 g/mol. The molecule has 0 saturated carbocycles. The van der Waals surface area contributed by atoms with Gasteiger partial charge < -0.3 is 4.74 Å². The van der Waals surface area contributed by atoms with Gasteiger partial charge in [0.2, 0.25) is 0 Å². The maximum absolute atomic E-state index is 5.81. The standard InChI is InChI=1S/C26H31NOS/c1-3-5-6-7-8-9-19-28-24-17-15-22(16-18-24)21-11-13-23(14-12-21)26-27-20-25(29-26)10-4-2/h8-9,11-18,20H,3-7,10,19H2,1-2H3. The van der Waals surface area contributed by atoms with Crippen LogP contribution >= 0.6 is 11.3 Å². The molecule has 0 amide bonds. The van der Waals surface area contributed by atoms with Gasteiger partial charge in [-0.05, 0) is 42.5 Å². The quantitative estimate of drug-likeness (QED) is 0.238. The zero-order valence-electron chi connectivity index (χ0n) is 17.6. The maximum Gasteiger partial charge on any atom is 0.123 e. The zero-order chi connectivity index (χ0) is 20.3. The third-order valence-corrected chi connectivity index (χ3v) is 5.96. The molecule has 29 heavy (non-hydrogen) atoms. The van der Waals surface area contributed by atoms with E-state index in [0.717, 1.165) is 30.0 Å². The summed E-state index contributed by atoms with van der Waals surface area (Å²) < 4.78 is 5.81. The van der Waals surface area contributed by atoms with Crippen molar-refractivity contribution >= 4 is 11.3 Å². The number of hydrogen-bond acceptors (Lipinski definition) is 3. The van der Waals surface area contributed by atoms with E-state index in [1.807, 2.05) is 18.3 Å². The van der Waals surface area contributed by atoms with E-state index in [1.165, 1.54) is 40.8 Å². The fraction of sp³-hybridized carbons (Fsp3) is 0.346. The summed E-state index contributed by atoms with van der Waals surface area (Å²) in [6.45, 7) is 5.07. The van der Waals surface area contributed by atoms with Crippen LogP contribution in [0.5, 0.6) is 5.75 Å². The number of hydrogen-bond donors (Lipinski definition) is 0. The first-order chi connectivity index (χ1) is 14.3. The molecule has 0 aliphatic carbocycles. The predicted octanol–water partition coefficient (Wildman–Crippen LogP) is 7.94. The molecule has 3 rings (SSSR count). The minimum atomic E-state index is 0.633. The second-order valence-electron chi connectivity index (χ2n) is 7.26. The Balaban J connectivity index is 1.54. The van der Waals surface area contributed by atoms with Crippen LogP contribution in [0.4, 0.5) is 0 Å². The number of benzene rings is 2. The van der Waals surface area contributed by atoms with Crippen LogP contribution in [0.15, 0.2) is 66.9 Å². The number of allylic oxidation sites excluding steroid dienone is 1. The Morgan fingerprint density at radius 3 is 2.21 bits per heavy atom. The van der Waals surface area contributed by atoms with Crippen LogP contribution in [0.2, 0.25) is 0 Å². The Morgan fingerprint density at radius 1 is 0.828 bits per heavy atom. The lowest BCUT2D eigenvalue weighted by atomic mass is 10.0. The number of thiazole rings is 1. The third-order valence-electron chi connectivity index (χ3n) is 4.86. The van der Waals surface area contributed by atoms with Gasteiger partial charge >= 0.3 is 0 Å². The van der Waals surface area contributed by atoms with Crippen molar-refractivity contribution in [2.45, 2.75) is 52.4 Å². The molecule has 0 N–H and O–H groups in total. The first kappa shape index (κ1) is 21.3. The van der Waals surface area contributed by atoms with Crippen molar-refractivity contribution in [3.05, 3.63) is 71.8 Å². The average molecular weight is 406 g/mol. The summed E-state index contributed by atoms with van der Waals surface area (Å²) in [6.07, 6.45) is 13.6. The molecular formula is C26H31NOS.